The molecule has 0 aliphatic rings. The number of rotatable bonds is 9. The van der Waals surface area contributed by atoms with E-state index < -0.39 is 61.3 Å². The lowest BCUT2D eigenvalue weighted by Crippen LogP contribution is -2.54. The van der Waals surface area contributed by atoms with Crippen molar-refractivity contribution in [2.45, 2.75) is 36.9 Å². The summed E-state index contributed by atoms with van der Waals surface area (Å²) < 4.78 is 0. The van der Waals surface area contributed by atoms with Crippen molar-refractivity contribution in [2.75, 3.05) is 6.61 Å². The maximum Gasteiger partial charge on any atom is 0.326 e. The van der Waals surface area contributed by atoms with Crippen LogP contribution in [0.1, 0.15) is 6.42 Å². The van der Waals surface area contributed by atoms with Crippen molar-refractivity contribution < 1.29 is 50.1 Å². The van der Waals surface area contributed by atoms with Crippen molar-refractivity contribution in [1.29, 1.82) is 0 Å². The summed E-state index contributed by atoms with van der Waals surface area (Å²) in [5.41, 5.74) is 0. The van der Waals surface area contributed by atoms with Crippen LogP contribution in [0.15, 0.2) is 0 Å². The Morgan fingerprint density at radius 2 is 1.48 bits per heavy atom. The highest BCUT2D eigenvalue weighted by Gasteiger charge is 2.36. The second kappa shape index (κ2) is 8.49. The van der Waals surface area contributed by atoms with Crippen LogP contribution >= 0.6 is 0 Å². The Bertz CT molecular complexity index is 386. The first-order valence-corrected chi connectivity index (χ1v) is 5.69. The van der Waals surface area contributed by atoms with Gasteiger partial charge in [0.2, 0.25) is 0 Å². The minimum Gasteiger partial charge on any atom is -0.481 e. The first-order valence-electron chi connectivity index (χ1n) is 5.69. The number of carbonyl (C=O) groups excluding carboxylic acids is 1. The molecule has 0 heterocycles. The van der Waals surface area contributed by atoms with E-state index in [1.165, 1.54) is 0 Å². The van der Waals surface area contributed by atoms with Crippen LogP contribution < -0.4 is 5.32 Å². The molecular weight excluding hydrogens is 294 g/mol. The van der Waals surface area contributed by atoms with E-state index in [4.69, 9.17) is 20.4 Å². The smallest absolute Gasteiger partial charge is 0.326 e. The molecule has 0 bridgehead atoms. The van der Waals surface area contributed by atoms with E-state index in [1.807, 2.05) is 0 Å². The number of hydrogen-bond donors (Lipinski definition) is 8. The highest BCUT2D eigenvalue weighted by Crippen LogP contribution is 2.06. The Kier molecular flexibility index (Phi) is 7.76. The van der Waals surface area contributed by atoms with Gasteiger partial charge in [0, 0.05) is 0 Å². The molecule has 0 rings (SSSR count). The second-order valence-corrected chi connectivity index (χ2v) is 4.17. The molecule has 21 heavy (non-hydrogen) atoms. The van der Waals surface area contributed by atoms with Gasteiger partial charge in [-0.25, -0.2) is 4.79 Å². The van der Waals surface area contributed by atoms with Gasteiger partial charge in [0.25, 0.3) is 5.91 Å². The summed E-state index contributed by atoms with van der Waals surface area (Å²) in [6.45, 7) is -0.955. The summed E-state index contributed by atoms with van der Waals surface area (Å²) in [6.07, 6.45) is -9.43. The first kappa shape index (κ1) is 19.2. The van der Waals surface area contributed by atoms with Crippen LogP contribution in [0.2, 0.25) is 0 Å². The second-order valence-electron chi connectivity index (χ2n) is 4.17. The molecule has 0 aliphatic carbocycles. The number of nitrogens with one attached hydrogen (secondary N) is 1. The van der Waals surface area contributed by atoms with Gasteiger partial charge in [0.05, 0.1) is 13.0 Å². The zero-order valence-corrected chi connectivity index (χ0v) is 10.7. The topological polar surface area (TPSA) is 205 Å². The van der Waals surface area contributed by atoms with Crippen LogP contribution in [0, 0.1) is 0 Å². The Labute approximate surface area is 118 Å². The quantitative estimate of drug-likeness (QED) is 0.205. The molecule has 11 nitrogen and oxygen atoms in total. The van der Waals surface area contributed by atoms with Crippen molar-refractivity contribution >= 4 is 17.8 Å². The number of aliphatic hydroxyl groups excluding tert-OH is 5. The van der Waals surface area contributed by atoms with Crippen molar-refractivity contribution in [1.82, 2.24) is 5.32 Å². The highest BCUT2D eigenvalue weighted by molar-refractivity contribution is 5.88. The number of hydrogen-bond acceptors (Lipinski definition) is 8. The van der Waals surface area contributed by atoms with Crippen molar-refractivity contribution in [3.63, 3.8) is 0 Å². The summed E-state index contributed by atoms with van der Waals surface area (Å²) in [5, 5.41) is 64.5. The molecule has 0 saturated heterocycles. The Balaban J connectivity index is 4.75. The number of carbonyl (C=O) groups is 3. The summed E-state index contributed by atoms with van der Waals surface area (Å²) in [4.78, 5) is 32.6. The fourth-order valence-corrected chi connectivity index (χ4v) is 1.31. The van der Waals surface area contributed by atoms with E-state index in [-0.39, 0.29) is 0 Å². The van der Waals surface area contributed by atoms with Gasteiger partial charge in [-0.1, -0.05) is 0 Å². The summed E-state index contributed by atoms with van der Waals surface area (Å²) in [6, 6.07) is -1.85. The normalized spacial score (nSPS) is 18.1. The van der Waals surface area contributed by atoms with E-state index >= 15 is 0 Å². The lowest BCUT2D eigenvalue weighted by molar-refractivity contribution is -0.154. The SMILES string of the molecule is O=C(O)CC(NC(=O)C(O)C(O)C(O)C(O)CO)C(=O)O. The fraction of sp³-hybridized carbons (Fsp3) is 0.700. The molecule has 1 amide bonds. The van der Waals surface area contributed by atoms with Gasteiger partial charge in [0.1, 0.15) is 24.4 Å². The van der Waals surface area contributed by atoms with Gasteiger partial charge in [-0.3, -0.25) is 9.59 Å². The van der Waals surface area contributed by atoms with Crippen LogP contribution in [-0.2, 0) is 14.4 Å². The first-order chi connectivity index (χ1) is 9.61. The maximum atomic E-state index is 11.5. The fourth-order valence-electron chi connectivity index (χ4n) is 1.31. The Morgan fingerprint density at radius 1 is 0.952 bits per heavy atom. The van der Waals surface area contributed by atoms with Crippen LogP contribution in [-0.4, -0.2) is 90.7 Å². The van der Waals surface area contributed by atoms with Crippen LogP contribution in [0.25, 0.3) is 0 Å². The average molecular weight is 311 g/mol. The summed E-state index contributed by atoms with van der Waals surface area (Å²) in [7, 11) is 0. The molecular formula is C10H17NO10. The Morgan fingerprint density at radius 3 is 1.86 bits per heavy atom. The number of aliphatic carboxylic acids is 2. The molecule has 0 radical (unpaired) electrons. The van der Waals surface area contributed by atoms with Crippen LogP contribution in [0.3, 0.4) is 0 Å². The van der Waals surface area contributed by atoms with Gasteiger partial charge in [-0.2, -0.15) is 0 Å². The molecule has 122 valence electrons. The minimum atomic E-state index is -2.34. The molecule has 0 aliphatic heterocycles. The van der Waals surface area contributed by atoms with E-state index in [2.05, 4.69) is 0 Å². The average Bonchev–Trinajstić information content (AvgIpc) is 2.42. The number of amides is 1. The Hall–Kier alpha value is -1.79. The molecule has 5 unspecified atom stereocenters. The van der Waals surface area contributed by atoms with Gasteiger partial charge >= 0.3 is 11.9 Å². The van der Waals surface area contributed by atoms with E-state index in [1.54, 1.807) is 5.32 Å². The zero-order valence-electron chi connectivity index (χ0n) is 10.7. The van der Waals surface area contributed by atoms with Crippen molar-refractivity contribution in [2.24, 2.45) is 0 Å². The van der Waals surface area contributed by atoms with Gasteiger partial charge in [-0.05, 0) is 0 Å². The highest BCUT2D eigenvalue weighted by atomic mass is 16.4. The maximum absolute atomic E-state index is 11.5. The predicted molar refractivity (Wildman–Crippen MR) is 62.9 cm³/mol. The molecule has 0 saturated carbocycles. The lowest BCUT2D eigenvalue weighted by atomic mass is 10.0. The van der Waals surface area contributed by atoms with Gasteiger partial charge < -0.3 is 41.1 Å². The minimum absolute atomic E-state index is 0.955. The van der Waals surface area contributed by atoms with Gasteiger partial charge in [-0.15, -0.1) is 0 Å². The van der Waals surface area contributed by atoms with Crippen molar-refractivity contribution in [3.05, 3.63) is 0 Å². The molecule has 0 fully saturated rings. The number of aliphatic hydroxyl groups is 5. The monoisotopic (exact) mass is 311 g/mol. The van der Waals surface area contributed by atoms with E-state index in [9.17, 15) is 29.7 Å². The van der Waals surface area contributed by atoms with Crippen LogP contribution in [0.5, 0.6) is 0 Å². The largest absolute Gasteiger partial charge is 0.481 e. The molecule has 0 spiro atoms. The predicted octanol–water partition coefficient (Wildman–Crippen LogP) is -4.53. The molecule has 0 aromatic rings. The van der Waals surface area contributed by atoms with Crippen molar-refractivity contribution in [3.8, 4) is 0 Å². The number of carboxylic acid groups (broad SMARTS) is 2. The molecule has 11 heteroatoms. The molecule has 5 atom stereocenters. The molecule has 8 N–H and O–H groups in total. The third-order valence-electron chi connectivity index (χ3n) is 2.52. The van der Waals surface area contributed by atoms with Crippen LogP contribution in [0.4, 0.5) is 0 Å². The third-order valence-corrected chi connectivity index (χ3v) is 2.52. The number of carboxylic acids is 2. The van der Waals surface area contributed by atoms with E-state index in [0.717, 1.165) is 0 Å². The summed E-state index contributed by atoms with van der Waals surface area (Å²) >= 11 is 0. The molecule has 0 aromatic carbocycles. The zero-order chi connectivity index (χ0) is 16.7. The summed E-state index contributed by atoms with van der Waals surface area (Å²) in [5.74, 6) is -4.66. The molecule has 0 aromatic heterocycles. The van der Waals surface area contributed by atoms with E-state index in [0.29, 0.717) is 0 Å². The third kappa shape index (κ3) is 6.01. The standard InChI is InChI=1S/C10H17NO10/c12-2-4(13)6(16)7(17)8(18)9(19)11-3(10(20)21)1-5(14)15/h3-4,6-8,12-13,16-18H,1-2H2,(H,11,19)(H,14,15)(H,20,21). The van der Waals surface area contributed by atoms with Gasteiger partial charge in [0.15, 0.2) is 6.10 Å². The lowest BCUT2D eigenvalue weighted by Gasteiger charge is -2.25.